The molecule has 1 heterocycles. The molecule has 0 bridgehead atoms. The molecule has 1 amide bonds. The first-order valence-corrected chi connectivity index (χ1v) is 8.15. The number of benzene rings is 3. The molecular formula is C21H17N3O. The van der Waals surface area contributed by atoms with Crippen LogP contribution in [0.25, 0.3) is 11.0 Å². The van der Waals surface area contributed by atoms with E-state index in [1.165, 1.54) is 0 Å². The number of nitrogens with one attached hydrogen (secondary N) is 1. The smallest absolute Gasteiger partial charge is 0.255 e. The van der Waals surface area contributed by atoms with Crippen molar-refractivity contribution in [2.45, 2.75) is 6.54 Å². The molecule has 0 unspecified atom stereocenters. The van der Waals surface area contributed by atoms with Gasteiger partial charge in [0.05, 0.1) is 17.4 Å². The first-order chi connectivity index (χ1) is 12.3. The van der Waals surface area contributed by atoms with Gasteiger partial charge in [-0.25, -0.2) is 4.98 Å². The van der Waals surface area contributed by atoms with E-state index in [2.05, 4.69) is 20.9 Å². The van der Waals surface area contributed by atoms with E-state index in [1.54, 1.807) is 0 Å². The largest absolute Gasteiger partial charge is 0.326 e. The van der Waals surface area contributed by atoms with Crippen LogP contribution in [-0.2, 0) is 6.54 Å². The molecule has 0 aliphatic rings. The van der Waals surface area contributed by atoms with Gasteiger partial charge in [-0.1, -0.05) is 42.5 Å². The molecule has 4 heteroatoms. The van der Waals surface area contributed by atoms with E-state index in [1.807, 2.05) is 79.1 Å². The topological polar surface area (TPSA) is 46.9 Å². The Morgan fingerprint density at radius 3 is 2.40 bits per heavy atom. The monoisotopic (exact) mass is 327 g/mol. The van der Waals surface area contributed by atoms with Crippen molar-refractivity contribution in [1.29, 1.82) is 0 Å². The number of rotatable bonds is 4. The minimum atomic E-state index is -0.106. The van der Waals surface area contributed by atoms with E-state index in [0.717, 1.165) is 28.8 Å². The van der Waals surface area contributed by atoms with Gasteiger partial charge in [-0.05, 0) is 42.0 Å². The van der Waals surface area contributed by atoms with Gasteiger partial charge in [0.2, 0.25) is 0 Å². The summed E-state index contributed by atoms with van der Waals surface area (Å²) in [6.45, 7) is 0.723. The highest BCUT2D eigenvalue weighted by Gasteiger charge is 2.07. The molecule has 1 aromatic heterocycles. The predicted molar refractivity (Wildman–Crippen MR) is 99.7 cm³/mol. The number of carbonyl (C=O) groups is 1. The van der Waals surface area contributed by atoms with E-state index in [-0.39, 0.29) is 5.91 Å². The van der Waals surface area contributed by atoms with Gasteiger partial charge in [-0.15, -0.1) is 0 Å². The van der Waals surface area contributed by atoms with Gasteiger partial charge in [-0.2, -0.15) is 0 Å². The lowest BCUT2D eigenvalue weighted by molar-refractivity contribution is 0.102. The number of hydrogen-bond acceptors (Lipinski definition) is 2. The number of amides is 1. The Balaban J connectivity index is 1.49. The fourth-order valence-corrected chi connectivity index (χ4v) is 2.82. The Kier molecular flexibility index (Phi) is 4.01. The van der Waals surface area contributed by atoms with Crippen LogP contribution < -0.4 is 5.32 Å². The van der Waals surface area contributed by atoms with Crippen LogP contribution in [0, 0.1) is 0 Å². The highest BCUT2D eigenvalue weighted by Crippen LogP contribution is 2.15. The highest BCUT2D eigenvalue weighted by molar-refractivity contribution is 6.04. The number of anilines is 1. The molecular weight excluding hydrogens is 310 g/mol. The maximum absolute atomic E-state index is 12.3. The fourth-order valence-electron chi connectivity index (χ4n) is 2.82. The van der Waals surface area contributed by atoms with Crippen molar-refractivity contribution in [2.24, 2.45) is 0 Å². The van der Waals surface area contributed by atoms with Crippen LogP contribution in [0.5, 0.6) is 0 Å². The third-order valence-corrected chi connectivity index (χ3v) is 4.13. The van der Waals surface area contributed by atoms with Crippen molar-refractivity contribution in [3.8, 4) is 0 Å². The second-order valence-corrected chi connectivity index (χ2v) is 5.88. The van der Waals surface area contributed by atoms with Gasteiger partial charge >= 0.3 is 0 Å². The maximum Gasteiger partial charge on any atom is 0.255 e. The van der Waals surface area contributed by atoms with Gasteiger partial charge in [0.25, 0.3) is 5.91 Å². The fraction of sp³-hybridized carbons (Fsp3) is 0.0476. The summed E-state index contributed by atoms with van der Waals surface area (Å²) < 4.78 is 2.11. The molecule has 0 spiro atoms. The van der Waals surface area contributed by atoms with Crippen LogP contribution >= 0.6 is 0 Å². The van der Waals surface area contributed by atoms with Crippen molar-refractivity contribution in [2.75, 3.05) is 5.32 Å². The first-order valence-electron chi connectivity index (χ1n) is 8.15. The van der Waals surface area contributed by atoms with Crippen LogP contribution in [0.15, 0.2) is 85.2 Å². The molecule has 3 aromatic carbocycles. The van der Waals surface area contributed by atoms with Crippen LogP contribution in [0.4, 0.5) is 5.69 Å². The Morgan fingerprint density at radius 1 is 0.880 bits per heavy atom. The Labute approximate surface area is 145 Å². The van der Waals surface area contributed by atoms with E-state index in [4.69, 9.17) is 0 Å². The summed E-state index contributed by atoms with van der Waals surface area (Å²) in [4.78, 5) is 16.7. The van der Waals surface area contributed by atoms with Crippen LogP contribution in [0.1, 0.15) is 15.9 Å². The number of imidazole rings is 1. The van der Waals surface area contributed by atoms with Gasteiger partial charge < -0.3 is 9.88 Å². The second-order valence-electron chi connectivity index (χ2n) is 5.88. The molecule has 0 aliphatic heterocycles. The zero-order valence-electron chi connectivity index (χ0n) is 13.6. The molecule has 1 N–H and O–H groups in total. The lowest BCUT2D eigenvalue weighted by atomic mass is 10.1. The second kappa shape index (κ2) is 6.61. The van der Waals surface area contributed by atoms with Crippen molar-refractivity contribution in [3.63, 3.8) is 0 Å². The zero-order valence-corrected chi connectivity index (χ0v) is 13.6. The third kappa shape index (κ3) is 3.28. The average molecular weight is 327 g/mol. The number of nitrogens with zero attached hydrogens (tertiary/aromatic N) is 2. The van der Waals surface area contributed by atoms with Crippen molar-refractivity contribution >= 4 is 22.6 Å². The number of carbonyl (C=O) groups excluding carboxylic acids is 1. The average Bonchev–Trinajstić information content (AvgIpc) is 3.06. The molecule has 25 heavy (non-hydrogen) atoms. The van der Waals surface area contributed by atoms with Gasteiger partial charge in [0, 0.05) is 17.8 Å². The summed E-state index contributed by atoms with van der Waals surface area (Å²) in [7, 11) is 0. The third-order valence-electron chi connectivity index (χ3n) is 4.13. The van der Waals surface area contributed by atoms with Crippen molar-refractivity contribution in [3.05, 3.63) is 96.3 Å². The molecule has 0 saturated carbocycles. The summed E-state index contributed by atoms with van der Waals surface area (Å²) in [5.41, 5.74) is 4.65. The van der Waals surface area contributed by atoms with Crippen LogP contribution in [0.2, 0.25) is 0 Å². The summed E-state index contributed by atoms with van der Waals surface area (Å²) >= 11 is 0. The molecule has 0 atom stereocenters. The summed E-state index contributed by atoms with van der Waals surface area (Å²) in [5.74, 6) is -0.106. The minimum Gasteiger partial charge on any atom is -0.326 e. The van der Waals surface area contributed by atoms with Gasteiger partial charge in [0.1, 0.15) is 0 Å². The molecule has 4 rings (SSSR count). The zero-order chi connectivity index (χ0) is 17.1. The molecule has 0 radical (unpaired) electrons. The van der Waals surface area contributed by atoms with Crippen molar-refractivity contribution < 1.29 is 4.79 Å². The summed E-state index contributed by atoms with van der Waals surface area (Å²) in [6, 6.07) is 25.2. The van der Waals surface area contributed by atoms with Gasteiger partial charge in [0.15, 0.2) is 0 Å². The maximum atomic E-state index is 12.3. The first kappa shape index (κ1) is 15.1. The predicted octanol–water partition coefficient (Wildman–Crippen LogP) is 4.34. The molecule has 4 nitrogen and oxygen atoms in total. The molecule has 0 saturated heterocycles. The van der Waals surface area contributed by atoms with Crippen LogP contribution in [-0.4, -0.2) is 15.5 Å². The molecule has 0 fully saturated rings. The Morgan fingerprint density at radius 2 is 1.60 bits per heavy atom. The lowest BCUT2D eigenvalue weighted by Gasteiger charge is -2.07. The Hall–Kier alpha value is -3.40. The van der Waals surface area contributed by atoms with E-state index in [9.17, 15) is 4.79 Å². The van der Waals surface area contributed by atoms with Crippen LogP contribution in [0.3, 0.4) is 0 Å². The molecule has 122 valence electrons. The molecule has 0 aliphatic carbocycles. The standard InChI is InChI=1S/C21H17N3O/c25-21(23-18-6-2-1-3-7-18)17-12-10-16(11-13-17)14-24-15-22-19-8-4-5-9-20(19)24/h1-13,15H,14H2,(H,23,25). The molecule has 4 aromatic rings. The SMILES string of the molecule is O=C(Nc1ccccc1)c1ccc(Cn2cnc3ccccc32)cc1. The number of aromatic nitrogens is 2. The number of para-hydroxylation sites is 3. The summed E-state index contributed by atoms with van der Waals surface area (Å²) in [5, 5.41) is 2.89. The number of hydrogen-bond donors (Lipinski definition) is 1. The van der Waals surface area contributed by atoms with E-state index >= 15 is 0 Å². The van der Waals surface area contributed by atoms with E-state index in [0.29, 0.717) is 5.56 Å². The van der Waals surface area contributed by atoms with Crippen molar-refractivity contribution in [1.82, 2.24) is 9.55 Å². The summed E-state index contributed by atoms with van der Waals surface area (Å²) in [6.07, 6.45) is 1.85. The number of fused-ring (bicyclic) bond motifs is 1. The highest BCUT2D eigenvalue weighted by atomic mass is 16.1. The minimum absolute atomic E-state index is 0.106. The normalized spacial score (nSPS) is 10.7. The van der Waals surface area contributed by atoms with E-state index < -0.39 is 0 Å². The Bertz CT molecular complexity index is 1000. The quantitative estimate of drug-likeness (QED) is 0.606. The lowest BCUT2D eigenvalue weighted by Crippen LogP contribution is -2.11. The van der Waals surface area contributed by atoms with Gasteiger partial charge in [-0.3, -0.25) is 4.79 Å².